The lowest BCUT2D eigenvalue weighted by atomic mass is 9.96. The number of likely N-dealkylation sites (tertiary alicyclic amines) is 1. The van der Waals surface area contributed by atoms with Gasteiger partial charge in [-0.25, -0.2) is 0 Å². The van der Waals surface area contributed by atoms with E-state index in [4.69, 9.17) is 0 Å². The van der Waals surface area contributed by atoms with Crippen molar-refractivity contribution >= 4 is 5.91 Å². The van der Waals surface area contributed by atoms with Crippen molar-refractivity contribution in [3.8, 4) is 0 Å². The summed E-state index contributed by atoms with van der Waals surface area (Å²) >= 11 is 0. The summed E-state index contributed by atoms with van der Waals surface area (Å²) in [6, 6.07) is 0.344. The largest absolute Gasteiger partial charge is 0.352 e. The number of amides is 1. The summed E-state index contributed by atoms with van der Waals surface area (Å²) in [4.78, 5) is 16.9. The Hall–Kier alpha value is -0.650. The van der Waals surface area contributed by atoms with E-state index in [1.165, 1.54) is 0 Å². The zero-order chi connectivity index (χ0) is 13.9. The second-order valence-corrected chi connectivity index (χ2v) is 6.54. The number of nitrogens with one attached hydrogen (secondary N) is 2. The van der Waals surface area contributed by atoms with Gasteiger partial charge in [-0.15, -0.1) is 0 Å². The average Bonchev–Trinajstić information content (AvgIpc) is 2.75. The predicted molar refractivity (Wildman–Crippen MR) is 77.2 cm³/mol. The molecule has 0 aromatic heterocycles. The molecular formula is C14H28N4O. The van der Waals surface area contributed by atoms with Gasteiger partial charge in [0.15, 0.2) is 0 Å². The standard InChI is InChI=1S/C14H28N4O/c1-14(2,18-8-5-15-6-9-18)10-13(19)16-12-4-7-17(3)11-12/h12,15H,4-11H2,1-3H3,(H,16,19). The van der Waals surface area contributed by atoms with Crippen LogP contribution in [0.4, 0.5) is 0 Å². The molecule has 19 heavy (non-hydrogen) atoms. The molecule has 5 nitrogen and oxygen atoms in total. The van der Waals surface area contributed by atoms with Gasteiger partial charge in [-0.3, -0.25) is 9.69 Å². The molecule has 2 rings (SSSR count). The maximum absolute atomic E-state index is 12.2. The van der Waals surface area contributed by atoms with Crippen LogP contribution in [0.5, 0.6) is 0 Å². The minimum atomic E-state index is -0.0450. The molecule has 0 aromatic rings. The van der Waals surface area contributed by atoms with Crippen LogP contribution in [0.15, 0.2) is 0 Å². The number of hydrogen-bond acceptors (Lipinski definition) is 4. The zero-order valence-corrected chi connectivity index (χ0v) is 12.5. The normalized spacial score (nSPS) is 26.6. The van der Waals surface area contributed by atoms with Gasteiger partial charge in [0.05, 0.1) is 0 Å². The monoisotopic (exact) mass is 268 g/mol. The lowest BCUT2D eigenvalue weighted by molar-refractivity contribution is -0.124. The summed E-state index contributed by atoms with van der Waals surface area (Å²) < 4.78 is 0. The molecular weight excluding hydrogens is 240 g/mol. The molecule has 2 aliphatic heterocycles. The highest BCUT2D eigenvalue weighted by Crippen LogP contribution is 2.19. The third kappa shape index (κ3) is 4.16. The Morgan fingerprint density at radius 3 is 2.58 bits per heavy atom. The Morgan fingerprint density at radius 1 is 1.32 bits per heavy atom. The Bertz CT molecular complexity index is 313. The highest BCUT2D eigenvalue weighted by Gasteiger charge is 2.31. The van der Waals surface area contributed by atoms with E-state index in [-0.39, 0.29) is 11.4 Å². The molecule has 2 saturated heterocycles. The van der Waals surface area contributed by atoms with E-state index < -0.39 is 0 Å². The Labute approximate surface area is 116 Å². The van der Waals surface area contributed by atoms with Gasteiger partial charge in [-0.2, -0.15) is 0 Å². The summed E-state index contributed by atoms with van der Waals surface area (Å²) in [5.41, 5.74) is -0.0450. The maximum atomic E-state index is 12.2. The fourth-order valence-corrected chi connectivity index (χ4v) is 3.11. The first kappa shape index (κ1) is 14.8. The van der Waals surface area contributed by atoms with E-state index in [0.717, 1.165) is 45.7 Å². The van der Waals surface area contributed by atoms with Crippen molar-refractivity contribution in [3.63, 3.8) is 0 Å². The minimum Gasteiger partial charge on any atom is -0.352 e. The van der Waals surface area contributed by atoms with Gasteiger partial charge in [-0.05, 0) is 33.9 Å². The van der Waals surface area contributed by atoms with Gasteiger partial charge in [0.25, 0.3) is 0 Å². The summed E-state index contributed by atoms with van der Waals surface area (Å²) in [6.07, 6.45) is 1.67. The molecule has 1 amide bonds. The smallest absolute Gasteiger partial charge is 0.222 e. The lowest BCUT2D eigenvalue weighted by Crippen LogP contribution is -2.55. The van der Waals surface area contributed by atoms with E-state index >= 15 is 0 Å². The highest BCUT2D eigenvalue weighted by molar-refractivity contribution is 5.77. The third-order valence-corrected chi connectivity index (χ3v) is 4.32. The summed E-state index contributed by atoms with van der Waals surface area (Å²) in [6.45, 7) is 10.6. The molecule has 110 valence electrons. The Balaban J connectivity index is 1.79. The lowest BCUT2D eigenvalue weighted by Gasteiger charge is -2.41. The molecule has 2 heterocycles. The number of carbonyl (C=O) groups is 1. The molecule has 5 heteroatoms. The van der Waals surface area contributed by atoms with Crippen molar-refractivity contribution in [2.75, 3.05) is 46.3 Å². The van der Waals surface area contributed by atoms with Gasteiger partial charge in [-0.1, -0.05) is 0 Å². The zero-order valence-electron chi connectivity index (χ0n) is 12.5. The van der Waals surface area contributed by atoms with Crippen molar-refractivity contribution < 1.29 is 4.79 Å². The SMILES string of the molecule is CN1CCC(NC(=O)CC(C)(C)N2CCNCC2)C1. The van der Waals surface area contributed by atoms with Crippen molar-refractivity contribution in [2.24, 2.45) is 0 Å². The second-order valence-electron chi connectivity index (χ2n) is 6.54. The molecule has 1 atom stereocenters. The van der Waals surface area contributed by atoms with Crippen LogP contribution in [-0.4, -0.2) is 73.6 Å². The molecule has 0 aromatic carbocycles. The van der Waals surface area contributed by atoms with Crippen LogP contribution < -0.4 is 10.6 Å². The van der Waals surface area contributed by atoms with E-state index in [0.29, 0.717) is 12.5 Å². The molecule has 2 fully saturated rings. The van der Waals surface area contributed by atoms with Gasteiger partial charge in [0, 0.05) is 50.7 Å². The molecule has 0 aliphatic carbocycles. The topological polar surface area (TPSA) is 47.6 Å². The number of hydrogen-bond donors (Lipinski definition) is 2. The van der Waals surface area contributed by atoms with Crippen molar-refractivity contribution in [1.29, 1.82) is 0 Å². The number of rotatable bonds is 4. The molecule has 1 unspecified atom stereocenters. The van der Waals surface area contributed by atoms with Crippen LogP contribution in [0.25, 0.3) is 0 Å². The summed E-state index contributed by atoms with van der Waals surface area (Å²) in [5.74, 6) is 0.198. The Morgan fingerprint density at radius 2 is 2.00 bits per heavy atom. The van der Waals surface area contributed by atoms with Gasteiger partial charge in [0.2, 0.25) is 5.91 Å². The summed E-state index contributed by atoms with van der Waals surface area (Å²) in [7, 11) is 2.11. The number of nitrogens with zero attached hydrogens (tertiary/aromatic N) is 2. The van der Waals surface area contributed by atoms with Gasteiger partial charge < -0.3 is 15.5 Å². The molecule has 0 spiro atoms. The first-order valence-corrected chi connectivity index (χ1v) is 7.41. The summed E-state index contributed by atoms with van der Waals surface area (Å²) in [5, 5.41) is 6.54. The van der Waals surface area contributed by atoms with Gasteiger partial charge in [0.1, 0.15) is 0 Å². The fourth-order valence-electron chi connectivity index (χ4n) is 3.11. The van der Waals surface area contributed by atoms with Crippen molar-refractivity contribution in [3.05, 3.63) is 0 Å². The fraction of sp³-hybridized carbons (Fsp3) is 0.929. The van der Waals surface area contributed by atoms with Crippen molar-refractivity contribution in [2.45, 2.75) is 38.3 Å². The molecule has 0 bridgehead atoms. The molecule has 0 saturated carbocycles. The third-order valence-electron chi connectivity index (χ3n) is 4.32. The average molecular weight is 268 g/mol. The highest BCUT2D eigenvalue weighted by atomic mass is 16.1. The quantitative estimate of drug-likeness (QED) is 0.746. The van der Waals surface area contributed by atoms with Crippen LogP contribution in [0.3, 0.4) is 0 Å². The van der Waals surface area contributed by atoms with Crippen LogP contribution in [0, 0.1) is 0 Å². The predicted octanol–water partition coefficient (Wildman–Crippen LogP) is -0.119. The van der Waals surface area contributed by atoms with E-state index in [1.807, 2.05) is 0 Å². The second kappa shape index (κ2) is 6.20. The molecule has 0 radical (unpaired) electrons. The van der Waals surface area contributed by atoms with Crippen LogP contribution >= 0.6 is 0 Å². The van der Waals surface area contributed by atoms with Crippen LogP contribution in [0.1, 0.15) is 26.7 Å². The maximum Gasteiger partial charge on any atom is 0.222 e. The van der Waals surface area contributed by atoms with E-state index in [9.17, 15) is 4.79 Å². The van der Waals surface area contributed by atoms with E-state index in [1.54, 1.807) is 0 Å². The Kier molecular flexibility index (Phi) is 4.81. The first-order valence-electron chi connectivity index (χ1n) is 7.41. The minimum absolute atomic E-state index is 0.0450. The van der Waals surface area contributed by atoms with Crippen LogP contribution in [-0.2, 0) is 4.79 Å². The number of piperazine rings is 1. The molecule has 2 N–H and O–H groups in total. The van der Waals surface area contributed by atoms with Crippen LogP contribution in [0.2, 0.25) is 0 Å². The van der Waals surface area contributed by atoms with Gasteiger partial charge >= 0.3 is 0 Å². The van der Waals surface area contributed by atoms with Crippen molar-refractivity contribution in [1.82, 2.24) is 20.4 Å². The van der Waals surface area contributed by atoms with E-state index in [2.05, 4.69) is 41.3 Å². The first-order chi connectivity index (χ1) is 8.97. The number of likely N-dealkylation sites (N-methyl/N-ethyl adjacent to an activating group) is 1. The molecule has 2 aliphatic rings. The number of carbonyl (C=O) groups excluding carboxylic acids is 1.